The Bertz CT molecular complexity index is 141. The molecule has 0 aromatic heterocycles. The topological polar surface area (TPSA) is 79.3 Å². The van der Waals surface area contributed by atoms with Gasteiger partial charge in [-0.25, -0.2) is 0 Å². The van der Waals surface area contributed by atoms with Crippen LogP contribution >= 0.6 is 30.6 Å². The lowest BCUT2D eigenvalue weighted by atomic mass is 11.4. The molecule has 0 heterocycles. The lowest BCUT2D eigenvalue weighted by Gasteiger charge is -1.99. The number of hydrogen-bond acceptors (Lipinski definition) is 3. The molecule has 8 heteroatoms. The van der Waals surface area contributed by atoms with Gasteiger partial charge in [0.1, 0.15) is 5.17 Å². The Hall–Kier alpha value is 0.740. The van der Waals surface area contributed by atoms with Gasteiger partial charge in [-0.3, -0.25) is 5.41 Å². The van der Waals surface area contributed by atoms with Gasteiger partial charge in [0.15, 0.2) is 0 Å². The molecule has 10 heavy (non-hydrogen) atoms. The van der Waals surface area contributed by atoms with Gasteiger partial charge in [0.2, 0.25) is 5.69 Å². The van der Waals surface area contributed by atoms with Gasteiger partial charge in [-0.15, -0.1) is 12.6 Å². The van der Waals surface area contributed by atoms with Crippen molar-refractivity contribution in [1.82, 2.24) is 0 Å². The highest BCUT2D eigenvalue weighted by Gasteiger charge is 1.97. The third kappa shape index (κ3) is 37.4. The van der Waals surface area contributed by atoms with E-state index in [1.54, 1.807) is 0 Å². The van der Waals surface area contributed by atoms with Crippen LogP contribution in [0.3, 0.4) is 0 Å². The Balaban J connectivity index is 0. The van der Waals surface area contributed by atoms with E-state index in [2.05, 4.69) is 46.9 Å². The fourth-order valence-corrected chi connectivity index (χ4v) is 0. The molecule has 0 spiro atoms. The van der Waals surface area contributed by atoms with Crippen molar-refractivity contribution in [3.63, 3.8) is 0 Å². The van der Waals surface area contributed by atoms with E-state index >= 15 is 0 Å². The molecule has 0 aliphatic rings. The van der Waals surface area contributed by atoms with E-state index in [-0.39, 0.29) is 5.17 Å². The largest absolute Gasteiger partial charge is 0.379 e. The number of hydrogen-bond donors (Lipinski definition) is 5. The Kier molecular flexibility index (Phi) is 8.60. The molecule has 0 amide bonds. The third-order valence-corrected chi connectivity index (χ3v) is 1.65. The van der Waals surface area contributed by atoms with Crippen LogP contribution in [0.5, 0.6) is 0 Å². The summed E-state index contributed by atoms with van der Waals surface area (Å²) in [6.45, 7) is 0. The van der Waals surface area contributed by atoms with Crippen molar-refractivity contribution < 1.29 is 9.42 Å². The van der Waals surface area contributed by atoms with Gasteiger partial charge in [0.25, 0.3) is 0 Å². The average molecular weight is 220 g/mol. The zero-order chi connectivity index (χ0) is 8.78. The molecule has 4 N–H and O–H groups in total. The first kappa shape index (κ1) is 13.3. The SMILES string of the molecule is COP(O)(=S)S.N=C(N)S. The van der Waals surface area contributed by atoms with Gasteiger partial charge >= 0.3 is 0 Å². The monoisotopic (exact) mass is 220 g/mol. The van der Waals surface area contributed by atoms with Crippen LogP contribution in [0, 0.1) is 5.41 Å². The number of nitrogens with one attached hydrogen (secondary N) is 1. The second kappa shape index (κ2) is 6.45. The molecule has 0 aromatic rings. The Morgan fingerprint density at radius 1 is 1.90 bits per heavy atom. The molecule has 0 aromatic carbocycles. The first-order chi connectivity index (χ1) is 4.29. The minimum absolute atomic E-state index is 0.139. The molecule has 0 aliphatic heterocycles. The van der Waals surface area contributed by atoms with Crippen LogP contribution in [-0.2, 0) is 16.3 Å². The summed E-state index contributed by atoms with van der Waals surface area (Å²) >= 11 is 11.1. The first-order valence-corrected chi connectivity index (χ1v) is 6.21. The summed E-state index contributed by atoms with van der Waals surface area (Å²) < 4.78 is 4.28. The Morgan fingerprint density at radius 2 is 2.00 bits per heavy atom. The van der Waals surface area contributed by atoms with Crippen LogP contribution in [0.4, 0.5) is 0 Å². The van der Waals surface area contributed by atoms with E-state index in [9.17, 15) is 0 Å². The molecule has 4 nitrogen and oxygen atoms in total. The minimum Gasteiger partial charge on any atom is -0.379 e. The van der Waals surface area contributed by atoms with Gasteiger partial charge in [0, 0.05) is 7.11 Å². The van der Waals surface area contributed by atoms with Crippen LogP contribution < -0.4 is 5.73 Å². The summed E-state index contributed by atoms with van der Waals surface area (Å²) in [6.07, 6.45) is 0. The zero-order valence-electron chi connectivity index (χ0n) is 5.18. The second-order valence-electron chi connectivity index (χ2n) is 1.06. The summed E-state index contributed by atoms with van der Waals surface area (Å²) in [5, 5.41) is 6.00. The zero-order valence-corrected chi connectivity index (χ0v) is 8.68. The smallest absolute Gasteiger partial charge is 0.241 e. The van der Waals surface area contributed by atoms with Gasteiger partial charge in [-0.2, -0.15) is 0 Å². The quantitative estimate of drug-likeness (QED) is 0.194. The van der Waals surface area contributed by atoms with Crippen LogP contribution in [-0.4, -0.2) is 17.2 Å². The van der Waals surface area contributed by atoms with Crippen molar-refractivity contribution >= 4 is 47.5 Å². The average Bonchev–Trinajstić information content (AvgIpc) is 1.63. The van der Waals surface area contributed by atoms with E-state index in [1.165, 1.54) is 7.11 Å². The number of nitrogens with two attached hydrogens (primary N) is 1. The molecule has 0 saturated carbocycles. The molecule has 0 aliphatic carbocycles. The molecule has 0 rings (SSSR count). The molecule has 0 saturated heterocycles. The molecule has 0 fully saturated rings. The maximum absolute atomic E-state index is 8.39. The maximum atomic E-state index is 8.39. The standard InChI is InChI=1S/CH4N2S.CH5O2PS2/c2-1(3)4;1-3-4(2,5)6/h(H4,2,3,4);1H3,(H2,2,5,6). The predicted octanol–water partition coefficient (Wildman–Crippen LogP) is 0.589. The highest BCUT2D eigenvalue weighted by molar-refractivity contribution is 8.59. The normalized spacial score (nSPS) is 14.4. The molecule has 1 unspecified atom stereocenters. The van der Waals surface area contributed by atoms with Crippen LogP contribution in [0.2, 0.25) is 0 Å². The molecular weight excluding hydrogens is 211 g/mol. The van der Waals surface area contributed by atoms with Crippen molar-refractivity contribution in [2.75, 3.05) is 7.11 Å². The highest BCUT2D eigenvalue weighted by atomic mass is 32.9. The Morgan fingerprint density at radius 3 is 2.00 bits per heavy atom. The van der Waals surface area contributed by atoms with E-state index in [1.807, 2.05) is 0 Å². The fraction of sp³-hybridized carbons (Fsp3) is 0.500. The summed E-state index contributed by atoms with van der Waals surface area (Å²) in [6, 6.07) is 0. The van der Waals surface area contributed by atoms with Crippen molar-refractivity contribution in [3.8, 4) is 0 Å². The van der Waals surface area contributed by atoms with E-state index in [0.717, 1.165) is 0 Å². The Labute approximate surface area is 75.4 Å². The van der Waals surface area contributed by atoms with Crippen molar-refractivity contribution in [2.24, 2.45) is 5.73 Å². The predicted molar refractivity (Wildman–Crippen MR) is 53.4 cm³/mol. The number of rotatable bonds is 1. The maximum Gasteiger partial charge on any atom is 0.241 e. The summed E-state index contributed by atoms with van der Waals surface area (Å²) in [5.41, 5.74) is 1.94. The molecule has 1 atom stereocenters. The van der Waals surface area contributed by atoms with Gasteiger partial charge in [-0.1, -0.05) is 12.2 Å². The van der Waals surface area contributed by atoms with Crippen LogP contribution in [0.1, 0.15) is 0 Å². The van der Waals surface area contributed by atoms with Gasteiger partial charge < -0.3 is 15.2 Å². The van der Waals surface area contributed by atoms with Crippen LogP contribution in [0.25, 0.3) is 0 Å². The van der Waals surface area contributed by atoms with Crippen LogP contribution in [0.15, 0.2) is 0 Å². The number of amidine groups is 1. The molecular formula is C2H9N2O2PS3. The van der Waals surface area contributed by atoms with Gasteiger partial charge in [0.05, 0.1) is 0 Å². The highest BCUT2D eigenvalue weighted by Crippen LogP contribution is 2.45. The fourth-order valence-electron chi connectivity index (χ4n) is 0. The lowest BCUT2D eigenvalue weighted by Crippen LogP contribution is -1.96. The second-order valence-corrected chi connectivity index (χ2v) is 6.81. The summed E-state index contributed by atoms with van der Waals surface area (Å²) in [4.78, 5) is 8.39. The van der Waals surface area contributed by atoms with Gasteiger partial charge in [-0.05, 0) is 11.8 Å². The minimum atomic E-state index is -2.62. The third-order valence-electron chi connectivity index (χ3n) is 0.238. The van der Waals surface area contributed by atoms with E-state index in [0.29, 0.717) is 0 Å². The molecule has 62 valence electrons. The molecule has 0 radical (unpaired) electrons. The van der Waals surface area contributed by atoms with E-state index < -0.39 is 5.69 Å². The first-order valence-electron chi connectivity index (χ1n) is 1.94. The lowest BCUT2D eigenvalue weighted by molar-refractivity contribution is 0.405. The van der Waals surface area contributed by atoms with Crippen molar-refractivity contribution in [3.05, 3.63) is 0 Å². The summed E-state index contributed by atoms with van der Waals surface area (Å²) in [5.74, 6) is 0. The van der Waals surface area contributed by atoms with Crippen molar-refractivity contribution in [1.29, 1.82) is 5.41 Å². The molecule has 0 bridgehead atoms. The number of thiol groups is 2. The summed E-state index contributed by atoms with van der Waals surface area (Å²) in [7, 11) is 1.33. The van der Waals surface area contributed by atoms with E-state index in [4.69, 9.17) is 10.3 Å². The van der Waals surface area contributed by atoms with Crippen molar-refractivity contribution in [2.45, 2.75) is 0 Å².